The minimum Gasteiger partial charge on any atom is -0.327 e. The summed E-state index contributed by atoms with van der Waals surface area (Å²) in [6.07, 6.45) is 0.496. The molecule has 10 rings (SSSR count). The van der Waals surface area contributed by atoms with Crippen LogP contribution >= 0.6 is 0 Å². The van der Waals surface area contributed by atoms with Crippen molar-refractivity contribution in [3.63, 3.8) is 0 Å². The molecule has 6 heteroatoms. The van der Waals surface area contributed by atoms with Gasteiger partial charge in [-0.25, -0.2) is 14.4 Å². The minimum atomic E-state index is -1.34. The lowest BCUT2D eigenvalue weighted by Crippen LogP contribution is -2.30. The van der Waals surface area contributed by atoms with Gasteiger partial charge in [0.1, 0.15) is 11.5 Å². The van der Waals surface area contributed by atoms with E-state index in [9.17, 15) is 0 Å². The third kappa shape index (κ3) is 4.75. The van der Waals surface area contributed by atoms with Crippen LogP contribution in [0.5, 0.6) is 0 Å². The Morgan fingerprint density at radius 3 is 2.19 bits per heavy atom. The van der Waals surface area contributed by atoms with Crippen molar-refractivity contribution in [2.45, 2.75) is 25.4 Å². The van der Waals surface area contributed by atoms with Crippen molar-refractivity contribution in [3.8, 4) is 17.1 Å². The van der Waals surface area contributed by atoms with Gasteiger partial charge in [-0.15, -0.1) is 0 Å². The predicted octanol–water partition coefficient (Wildman–Crippen LogP) is 11.9. The Hall–Kier alpha value is -6.53. The first kappa shape index (κ1) is 31.2. The van der Waals surface area contributed by atoms with E-state index in [1.807, 2.05) is 80.0 Å². The average molecular weight is 690 g/mol. The summed E-state index contributed by atoms with van der Waals surface area (Å²) in [5.74, 6) is 0.810. The van der Waals surface area contributed by atoms with Gasteiger partial charge < -0.3 is 9.47 Å². The molecule has 0 fully saturated rings. The van der Waals surface area contributed by atoms with Crippen molar-refractivity contribution >= 4 is 50.0 Å². The van der Waals surface area contributed by atoms with Crippen LogP contribution in [0.2, 0.25) is 0 Å². The van der Waals surface area contributed by atoms with Crippen LogP contribution in [0.3, 0.4) is 0 Å². The van der Waals surface area contributed by atoms with E-state index in [1.165, 1.54) is 16.8 Å². The van der Waals surface area contributed by atoms with Crippen molar-refractivity contribution in [2.24, 2.45) is 7.05 Å². The molecule has 53 heavy (non-hydrogen) atoms. The van der Waals surface area contributed by atoms with Crippen LogP contribution in [0.1, 0.15) is 42.3 Å². The van der Waals surface area contributed by atoms with Gasteiger partial charge in [-0.05, 0) is 95.1 Å². The molecule has 0 bridgehead atoms. The molecule has 1 aliphatic heterocycles. The lowest BCUT2D eigenvalue weighted by Gasteiger charge is -2.42. The van der Waals surface area contributed by atoms with E-state index >= 15 is 4.39 Å². The first-order valence-electron chi connectivity index (χ1n) is 18.0. The van der Waals surface area contributed by atoms with Gasteiger partial charge in [0.05, 0.1) is 27.9 Å². The van der Waals surface area contributed by atoms with Crippen LogP contribution < -0.4 is 4.90 Å². The molecule has 4 heterocycles. The largest absolute Gasteiger partial charge is 0.327 e. The number of aromatic nitrogens is 4. The first-order chi connectivity index (χ1) is 25.9. The highest BCUT2D eigenvalue weighted by molar-refractivity contribution is 6.10. The molecule has 0 radical (unpaired) electrons. The van der Waals surface area contributed by atoms with Crippen LogP contribution in [0, 0.1) is 0 Å². The number of nitrogens with zero attached hydrogens (tertiary/aromatic N) is 5. The summed E-state index contributed by atoms with van der Waals surface area (Å²) < 4.78 is 21.0. The normalized spacial score (nSPS) is 14.1. The average Bonchev–Trinajstić information content (AvgIpc) is 3.72. The van der Waals surface area contributed by atoms with Crippen molar-refractivity contribution < 1.29 is 4.39 Å². The maximum Gasteiger partial charge on any atom is 0.150 e. The molecule has 5 nitrogen and oxygen atoms in total. The smallest absolute Gasteiger partial charge is 0.150 e. The topological polar surface area (TPSA) is 38.9 Å². The first-order valence-corrected chi connectivity index (χ1v) is 18.0. The fourth-order valence-electron chi connectivity index (χ4n) is 8.40. The number of halogens is 1. The minimum absolute atomic E-state index is 0.282. The summed E-state index contributed by atoms with van der Waals surface area (Å²) in [5.41, 5.74) is 12.4. The van der Waals surface area contributed by atoms with E-state index in [1.54, 1.807) is 0 Å². The zero-order valence-corrected chi connectivity index (χ0v) is 29.7. The van der Waals surface area contributed by atoms with E-state index in [0.29, 0.717) is 11.1 Å². The standard InChI is InChI=1S/C47H36FN5/c1-47(2)37-21-7-9-23-40(37)52(33-17-5-4-6-18-33)43-28-36-35-20-13-25-49-46(35)53(42(36)29-38(43)47)34-19-12-15-31(27-34)44(48)30-14-11-16-32(26-30)45-50-39-22-8-10-24-41(39)51(45)3/h4-29,44H,1-3H3. The lowest BCUT2D eigenvalue weighted by atomic mass is 9.73. The monoisotopic (exact) mass is 689 g/mol. The lowest BCUT2D eigenvalue weighted by molar-refractivity contribution is 0.402. The quantitative estimate of drug-likeness (QED) is 0.181. The highest BCUT2D eigenvalue weighted by Gasteiger charge is 2.37. The van der Waals surface area contributed by atoms with Crippen molar-refractivity contribution in [3.05, 3.63) is 180 Å². The number of pyridine rings is 1. The van der Waals surface area contributed by atoms with Gasteiger partial charge in [0, 0.05) is 46.4 Å². The van der Waals surface area contributed by atoms with Gasteiger partial charge >= 0.3 is 0 Å². The van der Waals surface area contributed by atoms with Crippen LogP contribution in [-0.4, -0.2) is 19.1 Å². The number of anilines is 3. The van der Waals surface area contributed by atoms with Crippen molar-refractivity contribution in [2.75, 3.05) is 4.90 Å². The number of hydrogen-bond acceptors (Lipinski definition) is 3. The molecule has 3 aromatic heterocycles. The summed E-state index contributed by atoms with van der Waals surface area (Å²) in [6, 6.07) is 51.6. The summed E-state index contributed by atoms with van der Waals surface area (Å²) in [4.78, 5) is 12.2. The Balaban J connectivity index is 1.12. The van der Waals surface area contributed by atoms with E-state index in [4.69, 9.17) is 9.97 Å². The van der Waals surface area contributed by atoms with Gasteiger partial charge in [-0.1, -0.05) is 92.7 Å². The van der Waals surface area contributed by atoms with Crippen LogP contribution in [0.25, 0.3) is 50.0 Å². The third-order valence-electron chi connectivity index (χ3n) is 11.0. The molecule has 1 unspecified atom stereocenters. The zero-order chi connectivity index (χ0) is 35.8. The van der Waals surface area contributed by atoms with E-state index in [2.05, 4.69) is 113 Å². The molecule has 256 valence electrons. The second-order valence-corrected chi connectivity index (χ2v) is 14.5. The molecule has 6 aromatic carbocycles. The van der Waals surface area contributed by atoms with Crippen molar-refractivity contribution in [1.29, 1.82) is 0 Å². The molecule has 0 N–H and O–H groups in total. The van der Waals surface area contributed by atoms with Crippen LogP contribution in [-0.2, 0) is 12.5 Å². The molecule has 1 atom stereocenters. The van der Waals surface area contributed by atoms with Crippen molar-refractivity contribution in [1.82, 2.24) is 19.1 Å². The maximum atomic E-state index is 16.7. The van der Waals surface area contributed by atoms with Crippen LogP contribution in [0.4, 0.5) is 21.5 Å². The summed E-state index contributed by atoms with van der Waals surface area (Å²) in [7, 11) is 2.00. The van der Waals surface area contributed by atoms with Gasteiger partial charge in [0.25, 0.3) is 0 Å². The summed E-state index contributed by atoms with van der Waals surface area (Å²) >= 11 is 0. The molecule has 0 saturated carbocycles. The molecular weight excluding hydrogens is 654 g/mol. The molecule has 0 saturated heterocycles. The van der Waals surface area contributed by atoms with E-state index < -0.39 is 6.17 Å². The predicted molar refractivity (Wildman–Crippen MR) is 214 cm³/mol. The molecule has 0 spiro atoms. The number of imidazole rings is 1. The highest BCUT2D eigenvalue weighted by Crippen LogP contribution is 2.53. The summed E-state index contributed by atoms with van der Waals surface area (Å²) in [5, 5.41) is 2.15. The SMILES string of the molecule is Cn1c(-c2cccc(C(F)c3cccc(-n4c5cc6c(cc5c5cccnc54)N(c4ccccc4)c4ccccc4C6(C)C)c3)c2)nc2ccccc21. The number of para-hydroxylation sites is 4. The molecule has 0 amide bonds. The Labute approximate surface area is 307 Å². The second kappa shape index (κ2) is 11.8. The molecule has 1 aliphatic rings. The fourth-order valence-corrected chi connectivity index (χ4v) is 8.40. The summed E-state index contributed by atoms with van der Waals surface area (Å²) in [6.45, 7) is 4.61. The van der Waals surface area contributed by atoms with Crippen LogP contribution in [0.15, 0.2) is 158 Å². The Morgan fingerprint density at radius 2 is 1.34 bits per heavy atom. The third-order valence-corrected chi connectivity index (χ3v) is 11.0. The number of rotatable bonds is 5. The van der Waals surface area contributed by atoms with Gasteiger partial charge in [-0.2, -0.15) is 0 Å². The molecule has 0 aliphatic carbocycles. The number of alkyl halides is 1. The molecule has 9 aromatic rings. The van der Waals surface area contributed by atoms with E-state index in [0.717, 1.165) is 61.4 Å². The second-order valence-electron chi connectivity index (χ2n) is 14.5. The number of aryl methyl sites for hydroxylation is 1. The highest BCUT2D eigenvalue weighted by atomic mass is 19.1. The Morgan fingerprint density at radius 1 is 0.604 bits per heavy atom. The number of fused-ring (bicyclic) bond motifs is 6. The molecular formula is C47H36FN5. The Kier molecular flexibility index (Phi) is 6.92. The van der Waals surface area contributed by atoms with Gasteiger partial charge in [-0.3, -0.25) is 4.57 Å². The van der Waals surface area contributed by atoms with Gasteiger partial charge in [0.15, 0.2) is 6.17 Å². The Bertz CT molecular complexity index is 2870. The maximum absolute atomic E-state index is 16.7. The van der Waals surface area contributed by atoms with Gasteiger partial charge in [0.2, 0.25) is 0 Å². The zero-order valence-electron chi connectivity index (χ0n) is 29.7. The number of hydrogen-bond donors (Lipinski definition) is 0. The fraction of sp³-hybridized carbons (Fsp3) is 0.106. The van der Waals surface area contributed by atoms with E-state index in [-0.39, 0.29) is 5.41 Å². The number of benzene rings is 6.